The number of benzene rings is 1. The van der Waals surface area contributed by atoms with Gasteiger partial charge in [0, 0.05) is 25.8 Å². The summed E-state index contributed by atoms with van der Waals surface area (Å²) in [7, 11) is 1.65. The van der Waals surface area contributed by atoms with Gasteiger partial charge in [-0.05, 0) is 11.6 Å². The molecule has 0 aliphatic heterocycles. The summed E-state index contributed by atoms with van der Waals surface area (Å²) in [5, 5.41) is 21.7. The first-order chi connectivity index (χ1) is 9.10. The van der Waals surface area contributed by atoms with Crippen LogP contribution in [0.3, 0.4) is 0 Å². The molecule has 1 heterocycles. The highest BCUT2D eigenvalue weighted by molar-refractivity contribution is 7.98. The number of thioether (sulfide) groups is 1. The largest absolute Gasteiger partial charge is 0.416 e. The Bertz CT molecular complexity index is 599. The van der Waals surface area contributed by atoms with Gasteiger partial charge in [0.2, 0.25) is 5.89 Å². The Hall–Kier alpha value is -2.09. The highest BCUT2D eigenvalue weighted by atomic mass is 32.2. The summed E-state index contributed by atoms with van der Waals surface area (Å²) in [5.41, 5.74) is 1.49. The summed E-state index contributed by atoms with van der Waals surface area (Å²) in [6.07, 6.45) is 0. The summed E-state index contributed by atoms with van der Waals surface area (Å²) < 4.78 is 5.24. The summed E-state index contributed by atoms with van der Waals surface area (Å²) in [6.45, 7) is 1.72. The van der Waals surface area contributed by atoms with Crippen LogP contribution in [0, 0.1) is 17.0 Å². The molecule has 0 unspecified atom stereocenters. The first kappa shape index (κ1) is 13.3. The molecule has 0 aliphatic rings. The molecule has 0 radical (unpaired) electrons. The van der Waals surface area contributed by atoms with E-state index in [-0.39, 0.29) is 5.69 Å². The van der Waals surface area contributed by atoms with Gasteiger partial charge in [0.15, 0.2) is 0 Å². The van der Waals surface area contributed by atoms with Crippen LogP contribution >= 0.6 is 11.8 Å². The number of nitrogens with zero attached hydrogens (tertiary/aromatic N) is 3. The van der Waals surface area contributed by atoms with Crippen LogP contribution in [0.2, 0.25) is 0 Å². The van der Waals surface area contributed by atoms with Gasteiger partial charge in [0.25, 0.3) is 10.9 Å². The number of aryl methyl sites for hydroxylation is 1. The molecule has 0 saturated carbocycles. The van der Waals surface area contributed by atoms with Crippen molar-refractivity contribution in [1.29, 1.82) is 0 Å². The number of anilines is 1. The lowest BCUT2D eigenvalue weighted by atomic mass is 10.2. The standard InChI is InChI=1S/C11H12N4O3S/c1-7-13-14-11(18-7)19-6-8-3-4-10(15(16)17)9(5-8)12-2/h3-5,12H,6H2,1-2H3. The molecule has 2 aromatic rings. The summed E-state index contributed by atoms with van der Waals surface area (Å²) in [5.74, 6) is 1.12. The molecule has 0 aliphatic carbocycles. The lowest BCUT2D eigenvalue weighted by Crippen LogP contribution is -1.97. The average molecular weight is 280 g/mol. The molecule has 8 heteroatoms. The molecular weight excluding hydrogens is 268 g/mol. The van der Waals surface area contributed by atoms with Crippen molar-refractivity contribution in [2.75, 3.05) is 12.4 Å². The van der Waals surface area contributed by atoms with Crippen LogP contribution in [0.25, 0.3) is 0 Å². The maximum absolute atomic E-state index is 10.8. The Morgan fingerprint density at radius 2 is 2.26 bits per heavy atom. The summed E-state index contributed by atoms with van der Waals surface area (Å²) >= 11 is 1.39. The molecular formula is C11H12N4O3S. The van der Waals surface area contributed by atoms with Crippen LogP contribution in [0.4, 0.5) is 11.4 Å². The van der Waals surface area contributed by atoms with E-state index in [9.17, 15) is 10.1 Å². The van der Waals surface area contributed by atoms with Crippen LogP contribution in [0.1, 0.15) is 11.5 Å². The Morgan fingerprint density at radius 1 is 1.47 bits per heavy atom. The van der Waals surface area contributed by atoms with E-state index in [4.69, 9.17) is 4.42 Å². The van der Waals surface area contributed by atoms with Gasteiger partial charge < -0.3 is 9.73 Å². The molecule has 0 amide bonds. The predicted octanol–water partition coefficient (Wildman–Crippen LogP) is 2.62. The number of aromatic nitrogens is 2. The van der Waals surface area contributed by atoms with Crippen molar-refractivity contribution < 1.29 is 9.34 Å². The molecule has 1 aromatic carbocycles. The molecule has 100 valence electrons. The Morgan fingerprint density at radius 3 is 2.84 bits per heavy atom. The van der Waals surface area contributed by atoms with E-state index in [1.54, 1.807) is 26.1 Å². The topological polar surface area (TPSA) is 94.1 Å². The molecule has 19 heavy (non-hydrogen) atoms. The molecule has 0 spiro atoms. The molecule has 2 rings (SSSR count). The third kappa shape index (κ3) is 3.22. The molecule has 0 fully saturated rings. The van der Waals surface area contributed by atoms with Crippen molar-refractivity contribution in [2.45, 2.75) is 17.9 Å². The number of rotatable bonds is 5. The van der Waals surface area contributed by atoms with Crippen LogP contribution in [-0.2, 0) is 5.75 Å². The van der Waals surface area contributed by atoms with E-state index >= 15 is 0 Å². The lowest BCUT2D eigenvalue weighted by molar-refractivity contribution is -0.383. The average Bonchev–Trinajstić information content (AvgIpc) is 2.81. The third-order valence-corrected chi connectivity index (χ3v) is 3.29. The van der Waals surface area contributed by atoms with Crippen molar-refractivity contribution in [2.24, 2.45) is 0 Å². The Labute approximate surface area is 113 Å². The van der Waals surface area contributed by atoms with Crippen molar-refractivity contribution in [3.05, 3.63) is 39.8 Å². The van der Waals surface area contributed by atoms with Crippen molar-refractivity contribution >= 4 is 23.1 Å². The van der Waals surface area contributed by atoms with E-state index in [0.29, 0.717) is 22.6 Å². The van der Waals surface area contributed by atoms with Crippen LogP contribution < -0.4 is 5.32 Å². The van der Waals surface area contributed by atoms with Crippen LogP contribution in [0.5, 0.6) is 0 Å². The van der Waals surface area contributed by atoms with Crippen molar-refractivity contribution in [3.63, 3.8) is 0 Å². The molecule has 0 atom stereocenters. The highest BCUT2D eigenvalue weighted by Crippen LogP contribution is 2.28. The van der Waals surface area contributed by atoms with Gasteiger partial charge in [-0.1, -0.05) is 17.8 Å². The summed E-state index contributed by atoms with van der Waals surface area (Å²) in [6, 6.07) is 4.95. The third-order valence-electron chi connectivity index (χ3n) is 2.40. The number of hydrogen-bond acceptors (Lipinski definition) is 7. The minimum Gasteiger partial charge on any atom is -0.416 e. The zero-order chi connectivity index (χ0) is 13.8. The second-order valence-corrected chi connectivity index (χ2v) is 4.66. The normalized spacial score (nSPS) is 10.4. The van der Waals surface area contributed by atoms with E-state index in [1.807, 2.05) is 0 Å². The zero-order valence-corrected chi connectivity index (χ0v) is 11.2. The van der Waals surface area contributed by atoms with E-state index < -0.39 is 4.92 Å². The van der Waals surface area contributed by atoms with E-state index in [2.05, 4.69) is 15.5 Å². The second kappa shape index (κ2) is 5.70. The van der Waals surface area contributed by atoms with E-state index in [1.165, 1.54) is 17.8 Å². The van der Waals surface area contributed by atoms with Gasteiger partial charge in [-0.2, -0.15) is 0 Å². The van der Waals surface area contributed by atoms with Crippen LogP contribution in [-0.4, -0.2) is 22.2 Å². The second-order valence-electron chi connectivity index (χ2n) is 3.73. The minimum absolute atomic E-state index is 0.0601. The monoisotopic (exact) mass is 280 g/mol. The van der Waals surface area contributed by atoms with Gasteiger partial charge in [-0.25, -0.2) is 0 Å². The Kier molecular flexibility index (Phi) is 4.00. The maximum atomic E-state index is 10.8. The van der Waals surface area contributed by atoms with Gasteiger partial charge in [0.05, 0.1) is 4.92 Å². The first-order valence-corrected chi connectivity index (χ1v) is 6.46. The van der Waals surface area contributed by atoms with Gasteiger partial charge >= 0.3 is 0 Å². The molecule has 0 saturated heterocycles. The minimum atomic E-state index is -0.413. The maximum Gasteiger partial charge on any atom is 0.292 e. The molecule has 7 nitrogen and oxygen atoms in total. The molecule has 1 aromatic heterocycles. The highest BCUT2D eigenvalue weighted by Gasteiger charge is 2.13. The fourth-order valence-corrected chi connectivity index (χ4v) is 2.26. The molecule has 0 bridgehead atoms. The van der Waals surface area contributed by atoms with Gasteiger partial charge in [-0.3, -0.25) is 10.1 Å². The Balaban J connectivity index is 2.11. The number of nitrogens with one attached hydrogen (secondary N) is 1. The van der Waals surface area contributed by atoms with Gasteiger partial charge in [0.1, 0.15) is 5.69 Å². The quantitative estimate of drug-likeness (QED) is 0.511. The molecule has 1 N–H and O–H groups in total. The smallest absolute Gasteiger partial charge is 0.292 e. The predicted molar refractivity (Wildman–Crippen MR) is 71.2 cm³/mol. The van der Waals surface area contributed by atoms with E-state index in [0.717, 1.165) is 5.56 Å². The first-order valence-electron chi connectivity index (χ1n) is 5.48. The van der Waals surface area contributed by atoms with Crippen molar-refractivity contribution in [3.8, 4) is 0 Å². The summed E-state index contributed by atoms with van der Waals surface area (Å²) in [4.78, 5) is 10.4. The number of hydrogen-bond donors (Lipinski definition) is 1. The lowest BCUT2D eigenvalue weighted by Gasteiger charge is -2.04. The SMILES string of the molecule is CNc1cc(CSc2nnc(C)o2)ccc1[N+](=O)[O-]. The number of nitro groups is 1. The number of nitro benzene ring substituents is 1. The fraction of sp³-hybridized carbons (Fsp3) is 0.273. The van der Waals surface area contributed by atoms with Gasteiger partial charge in [-0.15, -0.1) is 10.2 Å². The van der Waals surface area contributed by atoms with Crippen LogP contribution in [0.15, 0.2) is 27.8 Å². The fourth-order valence-electron chi connectivity index (χ4n) is 1.51. The van der Waals surface area contributed by atoms with Crippen molar-refractivity contribution in [1.82, 2.24) is 10.2 Å². The zero-order valence-electron chi connectivity index (χ0n) is 10.4.